The number of nitrogens with zero attached hydrogens (tertiary/aromatic N) is 1. The van der Waals surface area contributed by atoms with Gasteiger partial charge in [0.15, 0.2) is 0 Å². The average Bonchev–Trinajstić information content (AvgIpc) is 1.84. The molecule has 0 saturated carbocycles. The van der Waals surface area contributed by atoms with E-state index in [4.69, 9.17) is 34.8 Å². The first-order chi connectivity index (χ1) is 4.61. The lowest BCUT2D eigenvalue weighted by molar-refractivity contribution is -0.113. The van der Waals surface area contributed by atoms with Crippen molar-refractivity contribution in [3.05, 3.63) is 11.1 Å². The summed E-state index contributed by atoms with van der Waals surface area (Å²) in [4.78, 5) is 14.0. The van der Waals surface area contributed by atoms with Gasteiger partial charge in [0, 0.05) is 0 Å². The van der Waals surface area contributed by atoms with E-state index in [2.05, 4.69) is 4.99 Å². The third-order valence-electron chi connectivity index (χ3n) is 0.933. The average molecular weight is 198 g/mol. The van der Waals surface area contributed by atoms with Crippen LogP contribution in [0.4, 0.5) is 0 Å². The minimum Gasteiger partial charge on any atom is -0.266 e. The van der Waals surface area contributed by atoms with Crippen molar-refractivity contribution in [1.82, 2.24) is 0 Å². The number of carbonyl (C=O) groups is 1. The highest BCUT2D eigenvalue weighted by molar-refractivity contribution is 6.73. The Hall–Kier alpha value is -0.0500. The van der Waals surface area contributed by atoms with Crippen molar-refractivity contribution >= 4 is 45.9 Å². The molecular formula is C5H2Cl3NO. The fourth-order valence-corrected chi connectivity index (χ4v) is 1.03. The van der Waals surface area contributed by atoms with Gasteiger partial charge in [-0.05, 0) is 6.08 Å². The van der Waals surface area contributed by atoms with Crippen LogP contribution >= 0.6 is 34.8 Å². The quantitative estimate of drug-likeness (QED) is 0.547. The van der Waals surface area contributed by atoms with E-state index in [0.717, 1.165) is 0 Å². The van der Waals surface area contributed by atoms with Crippen molar-refractivity contribution in [2.24, 2.45) is 4.99 Å². The van der Waals surface area contributed by atoms with Crippen LogP contribution in [0.1, 0.15) is 0 Å². The molecule has 1 aliphatic rings. The molecule has 1 amide bonds. The summed E-state index contributed by atoms with van der Waals surface area (Å²) in [7, 11) is 0. The van der Waals surface area contributed by atoms with Crippen LogP contribution in [0.2, 0.25) is 0 Å². The lowest BCUT2D eigenvalue weighted by Gasteiger charge is -2.06. The van der Waals surface area contributed by atoms with Gasteiger partial charge in [0.2, 0.25) is 0 Å². The van der Waals surface area contributed by atoms with E-state index in [1.54, 1.807) is 0 Å². The van der Waals surface area contributed by atoms with Gasteiger partial charge in [0.25, 0.3) is 5.91 Å². The normalized spacial score (nSPS) is 25.9. The molecule has 0 fully saturated rings. The lowest BCUT2D eigenvalue weighted by atomic mass is 10.3. The van der Waals surface area contributed by atoms with E-state index >= 15 is 0 Å². The van der Waals surface area contributed by atoms with Gasteiger partial charge in [-0.3, -0.25) is 4.79 Å². The van der Waals surface area contributed by atoms with E-state index in [1.807, 2.05) is 0 Å². The van der Waals surface area contributed by atoms with Crippen molar-refractivity contribution in [3.63, 3.8) is 0 Å². The lowest BCUT2D eigenvalue weighted by Crippen LogP contribution is -2.14. The Balaban J connectivity index is 2.92. The second-order valence-electron chi connectivity index (χ2n) is 1.66. The molecule has 10 heavy (non-hydrogen) atoms. The Morgan fingerprint density at radius 2 is 2.10 bits per heavy atom. The van der Waals surface area contributed by atoms with Gasteiger partial charge >= 0.3 is 0 Å². The third kappa shape index (κ3) is 1.51. The molecule has 1 unspecified atom stereocenters. The second-order valence-corrected chi connectivity index (χ2v) is 2.92. The number of rotatable bonds is 0. The Labute approximate surface area is 72.5 Å². The number of hydrogen-bond acceptors (Lipinski definition) is 1. The van der Waals surface area contributed by atoms with Gasteiger partial charge in [-0.15, -0.1) is 11.6 Å². The van der Waals surface area contributed by atoms with Gasteiger partial charge in [-0.2, -0.15) is 4.99 Å². The predicted molar refractivity (Wildman–Crippen MR) is 41.9 cm³/mol. The van der Waals surface area contributed by atoms with Crippen LogP contribution in [0.3, 0.4) is 0 Å². The first-order valence-electron chi connectivity index (χ1n) is 2.41. The number of hydrogen-bond donors (Lipinski definition) is 0. The maximum atomic E-state index is 10.6. The molecule has 2 nitrogen and oxygen atoms in total. The van der Waals surface area contributed by atoms with Crippen LogP contribution in [0.15, 0.2) is 16.1 Å². The zero-order valence-electron chi connectivity index (χ0n) is 4.64. The molecule has 1 atom stereocenters. The first kappa shape index (κ1) is 8.05. The minimum absolute atomic E-state index is 0.0180. The maximum absolute atomic E-state index is 10.6. The van der Waals surface area contributed by atoms with Crippen LogP contribution in [0.25, 0.3) is 0 Å². The molecule has 0 saturated heterocycles. The molecule has 54 valence electrons. The van der Waals surface area contributed by atoms with Gasteiger partial charge in [0.05, 0.1) is 0 Å². The zero-order valence-corrected chi connectivity index (χ0v) is 6.91. The summed E-state index contributed by atoms with van der Waals surface area (Å²) in [6.07, 6.45) is 1.35. The van der Waals surface area contributed by atoms with E-state index in [-0.39, 0.29) is 10.2 Å². The third-order valence-corrected chi connectivity index (χ3v) is 1.98. The molecule has 1 heterocycles. The predicted octanol–water partition coefficient (Wildman–Crippen LogP) is 1.89. The molecule has 0 aliphatic carbocycles. The minimum atomic E-state index is -0.563. The summed E-state index contributed by atoms with van der Waals surface area (Å²) < 4.78 is 0. The van der Waals surface area contributed by atoms with Crippen molar-refractivity contribution in [2.75, 3.05) is 0 Å². The van der Waals surface area contributed by atoms with Crippen LogP contribution in [0, 0.1) is 0 Å². The summed E-state index contributed by atoms with van der Waals surface area (Å²) in [6, 6.07) is 0. The Kier molecular flexibility index (Phi) is 2.34. The number of amides is 1. The summed E-state index contributed by atoms with van der Waals surface area (Å²) in [5.74, 6) is -0.538. The fourth-order valence-electron chi connectivity index (χ4n) is 0.481. The van der Waals surface area contributed by atoms with Crippen LogP contribution in [0.5, 0.6) is 0 Å². The summed E-state index contributed by atoms with van der Waals surface area (Å²) >= 11 is 16.4. The first-order valence-corrected chi connectivity index (χ1v) is 3.60. The number of alkyl halides is 1. The Morgan fingerprint density at radius 1 is 1.50 bits per heavy atom. The molecule has 0 bridgehead atoms. The highest BCUT2D eigenvalue weighted by Crippen LogP contribution is 2.17. The number of dihydropyridines is 1. The number of carbonyl (C=O) groups excluding carboxylic acids is 1. The maximum Gasteiger partial charge on any atom is 0.289 e. The number of aliphatic imine (C=N–C) groups is 1. The molecule has 0 spiro atoms. The van der Waals surface area contributed by atoms with Crippen molar-refractivity contribution in [1.29, 1.82) is 0 Å². The summed E-state index contributed by atoms with van der Waals surface area (Å²) in [6.45, 7) is 0. The second kappa shape index (κ2) is 2.91. The molecule has 0 radical (unpaired) electrons. The van der Waals surface area contributed by atoms with E-state index < -0.39 is 11.3 Å². The zero-order chi connectivity index (χ0) is 7.72. The topological polar surface area (TPSA) is 29.4 Å². The SMILES string of the molecule is O=C1N=C(Cl)C(Cl)C=C1Cl. The van der Waals surface area contributed by atoms with Crippen molar-refractivity contribution in [2.45, 2.75) is 5.38 Å². The molecular weight excluding hydrogens is 196 g/mol. The van der Waals surface area contributed by atoms with Gasteiger partial charge < -0.3 is 0 Å². The molecule has 5 heteroatoms. The molecule has 0 aromatic heterocycles. The van der Waals surface area contributed by atoms with Gasteiger partial charge in [-0.25, -0.2) is 0 Å². The Bertz CT molecular complexity index is 233. The summed E-state index contributed by atoms with van der Waals surface area (Å²) in [5.41, 5.74) is 0. The highest BCUT2D eigenvalue weighted by Gasteiger charge is 2.19. The van der Waals surface area contributed by atoms with Gasteiger partial charge in [0.1, 0.15) is 15.6 Å². The highest BCUT2D eigenvalue weighted by atomic mass is 35.5. The number of halogens is 3. The monoisotopic (exact) mass is 197 g/mol. The van der Waals surface area contributed by atoms with Crippen molar-refractivity contribution < 1.29 is 4.79 Å². The van der Waals surface area contributed by atoms with Crippen LogP contribution in [-0.2, 0) is 4.79 Å². The van der Waals surface area contributed by atoms with Crippen LogP contribution < -0.4 is 0 Å². The van der Waals surface area contributed by atoms with E-state index in [0.29, 0.717) is 0 Å². The standard InChI is InChI=1S/C5H2Cl3NO/c6-2-1-3(7)5(10)9-4(2)8/h1-2H. The molecule has 0 aromatic rings. The molecule has 0 aromatic carbocycles. The smallest absolute Gasteiger partial charge is 0.266 e. The largest absolute Gasteiger partial charge is 0.289 e. The van der Waals surface area contributed by atoms with Crippen molar-refractivity contribution in [3.8, 4) is 0 Å². The Morgan fingerprint density at radius 3 is 2.60 bits per heavy atom. The van der Waals surface area contributed by atoms with E-state index in [1.165, 1.54) is 6.08 Å². The molecule has 1 rings (SSSR count). The van der Waals surface area contributed by atoms with Crippen LogP contribution in [-0.4, -0.2) is 16.5 Å². The number of allylic oxidation sites excluding steroid dienone is 1. The van der Waals surface area contributed by atoms with E-state index in [9.17, 15) is 4.79 Å². The van der Waals surface area contributed by atoms with Gasteiger partial charge in [-0.1, -0.05) is 23.2 Å². The fraction of sp³-hybridized carbons (Fsp3) is 0.200. The summed E-state index contributed by atoms with van der Waals surface area (Å²) in [5, 5.41) is -0.479. The molecule has 1 aliphatic heterocycles. The molecule has 0 N–H and O–H groups in total.